The number of ether oxygens (including phenoxy) is 1. The average Bonchev–Trinajstić information content (AvgIpc) is 2.62. The number of rotatable bonds is 9. The Hall–Kier alpha value is -2.53. The third kappa shape index (κ3) is 5.28. The Morgan fingerprint density at radius 1 is 1.12 bits per heavy atom. The summed E-state index contributed by atoms with van der Waals surface area (Å²) in [7, 11) is 0. The second-order valence-electron chi connectivity index (χ2n) is 5.44. The highest BCUT2D eigenvalue weighted by Gasteiger charge is 2.11. The minimum Gasteiger partial charge on any atom is -0.492 e. The average molecular weight is 327 g/mol. The highest BCUT2D eigenvalue weighted by atomic mass is 16.5. The van der Waals surface area contributed by atoms with Crippen LogP contribution in [0.3, 0.4) is 0 Å². The first-order valence-electron chi connectivity index (χ1n) is 8.31. The molecule has 0 aromatic heterocycles. The molecular formula is C19H25N3O2. The van der Waals surface area contributed by atoms with Crippen molar-refractivity contribution in [3.63, 3.8) is 0 Å². The Morgan fingerprint density at radius 3 is 2.58 bits per heavy atom. The van der Waals surface area contributed by atoms with Gasteiger partial charge in [-0.05, 0) is 42.8 Å². The van der Waals surface area contributed by atoms with Gasteiger partial charge in [0.25, 0.3) is 5.91 Å². The van der Waals surface area contributed by atoms with Crippen molar-refractivity contribution in [3.05, 3.63) is 54.1 Å². The van der Waals surface area contributed by atoms with Crippen LogP contribution in [0, 0.1) is 0 Å². The molecule has 0 aliphatic heterocycles. The number of amides is 1. The fourth-order valence-electron chi connectivity index (χ4n) is 2.24. The highest BCUT2D eigenvalue weighted by molar-refractivity contribution is 6.08. The number of benzene rings is 2. The van der Waals surface area contributed by atoms with Crippen LogP contribution in [-0.2, 0) is 0 Å². The fraction of sp³-hybridized carbons (Fsp3) is 0.316. The summed E-state index contributed by atoms with van der Waals surface area (Å²) in [6.45, 7) is 3.94. The zero-order valence-electron chi connectivity index (χ0n) is 14.0. The lowest BCUT2D eigenvalue weighted by Gasteiger charge is -2.12. The number of para-hydroxylation sites is 1. The Bertz CT molecular complexity index is 641. The molecule has 0 spiro atoms. The van der Waals surface area contributed by atoms with Crippen LogP contribution in [0.5, 0.6) is 5.75 Å². The van der Waals surface area contributed by atoms with Crippen LogP contribution in [0.1, 0.15) is 30.1 Å². The Kier molecular flexibility index (Phi) is 7.11. The van der Waals surface area contributed by atoms with Gasteiger partial charge in [0.05, 0.1) is 5.56 Å². The molecule has 128 valence electrons. The van der Waals surface area contributed by atoms with E-state index in [1.54, 1.807) is 0 Å². The molecule has 2 aromatic carbocycles. The van der Waals surface area contributed by atoms with Crippen molar-refractivity contribution in [1.82, 2.24) is 0 Å². The van der Waals surface area contributed by atoms with Crippen molar-refractivity contribution >= 4 is 17.3 Å². The van der Waals surface area contributed by atoms with Gasteiger partial charge in [-0.25, -0.2) is 0 Å². The maximum absolute atomic E-state index is 12.5. The second-order valence-corrected chi connectivity index (χ2v) is 5.44. The topological polar surface area (TPSA) is 76.4 Å². The molecule has 0 heterocycles. The fourth-order valence-corrected chi connectivity index (χ4v) is 2.24. The number of carbonyl (C=O) groups is 1. The molecule has 24 heavy (non-hydrogen) atoms. The lowest BCUT2D eigenvalue weighted by Crippen LogP contribution is -2.15. The lowest BCUT2D eigenvalue weighted by molar-refractivity contribution is 0.102. The van der Waals surface area contributed by atoms with E-state index in [0.717, 1.165) is 36.5 Å². The number of anilines is 2. The molecule has 5 heteroatoms. The number of carbonyl (C=O) groups excluding carboxylic acids is 1. The molecule has 0 aliphatic rings. The monoisotopic (exact) mass is 327 g/mol. The number of unbranched alkanes of at least 4 members (excludes halogenated alkanes) is 1. The van der Waals surface area contributed by atoms with Gasteiger partial charge in [0.15, 0.2) is 0 Å². The molecule has 0 bridgehead atoms. The third-order valence-electron chi connectivity index (χ3n) is 3.52. The molecule has 0 atom stereocenters. The van der Waals surface area contributed by atoms with E-state index in [0.29, 0.717) is 18.7 Å². The van der Waals surface area contributed by atoms with Gasteiger partial charge in [0.2, 0.25) is 0 Å². The van der Waals surface area contributed by atoms with Crippen LogP contribution in [0.4, 0.5) is 11.4 Å². The van der Waals surface area contributed by atoms with Gasteiger partial charge in [-0.1, -0.05) is 25.5 Å². The molecule has 0 saturated heterocycles. The van der Waals surface area contributed by atoms with Crippen molar-refractivity contribution in [2.45, 2.75) is 19.8 Å². The summed E-state index contributed by atoms with van der Waals surface area (Å²) in [4.78, 5) is 12.5. The minimum atomic E-state index is -0.134. The molecule has 2 rings (SSSR count). The summed E-state index contributed by atoms with van der Waals surface area (Å²) in [5.41, 5.74) is 7.62. The first-order valence-corrected chi connectivity index (χ1v) is 8.31. The van der Waals surface area contributed by atoms with Gasteiger partial charge >= 0.3 is 0 Å². The Balaban J connectivity index is 2.01. The van der Waals surface area contributed by atoms with Crippen LogP contribution in [-0.4, -0.2) is 25.6 Å². The molecule has 1 amide bonds. The largest absolute Gasteiger partial charge is 0.492 e. The van der Waals surface area contributed by atoms with Crippen LogP contribution in [0.25, 0.3) is 0 Å². The van der Waals surface area contributed by atoms with Crippen molar-refractivity contribution in [3.8, 4) is 5.75 Å². The molecule has 0 radical (unpaired) electrons. The SMILES string of the molecule is CCCCNc1ccccc1C(=O)Nc1ccc(OCCN)cc1. The van der Waals surface area contributed by atoms with Gasteiger partial charge in [-0.15, -0.1) is 0 Å². The standard InChI is InChI=1S/C19H25N3O2/c1-2-3-13-21-18-7-5-4-6-17(18)19(23)22-15-8-10-16(11-9-15)24-14-12-20/h4-11,21H,2-3,12-14,20H2,1H3,(H,22,23). The van der Waals surface area contributed by atoms with E-state index in [-0.39, 0.29) is 5.91 Å². The van der Waals surface area contributed by atoms with E-state index in [9.17, 15) is 4.79 Å². The molecule has 4 N–H and O–H groups in total. The normalized spacial score (nSPS) is 10.2. The predicted molar refractivity (Wildman–Crippen MR) is 98.8 cm³/mol. The van der Waals surface area contributed by atoms with E-state index in [1.165, 1.54) is 0 Å². The molecule has 5 nitrogen and oxygen atoms in total. The Morgan fingerprint density at radius 2 is 1.88 bits per heavy atom. The van der Waals surface area contributed by atoms with Gasteiger partial charge in [-0.2, -0.15) is 0 Å². The van der Waals surface area contributed by atoms with Crippen molar-refractivity contribution < 1.29 is 9.53 Å². The maximum Gasteiger partial charge on any atom is 0.257 e. The summed E-state index contributed by atoms with van der Waals surface area (Å²) in [6, 6.07) is 14.8. The number of hydrogen-bond acceptors (Lipinski definition) is 4. The molecule has 0 fully saturated rings. The van der Waals surface area contributed by atoms with Gasteiger partial charge in [-0.3, -0.25) is 4.79 Å². The van der Waals surface area contributed by atoms with Crippen LogP contribution >= 0.6 is 0 Å². The summed E-state index contributed by atoms with van der Waals surface area (Å²) in [5.74, 6) is 0.602. The zero-order chi connectivity index (χ0) is 17.2. The van der Waals surface area contributed by atoms with Crippen LogP contribution in [0.2, 0.25) is 0 Å². The molecule has 0 unspecified atom stereocenters. The van der Waals surface area contributed by atoms with E-state index < -0.39 is 0 Å². The van der Waals surface area contributed by atoms with Gasteiger partial charge in [0, 0.05) is 24.5 Å². The molecule has 2 aromatic rings. The third-order valence-corrected chi connectivity index (χ3v) is 3.52. The number of nitrogens with one attached hydrogen (secondary N) is 2. The lowest BCUT2D eigenvalue weighted by atomic mass is 10.1. The quantitative estimate of drug-likeness (QED) is 0.616. The van der Waals surface area contributed by atoms with Crippen LogP contribution < -0.4 is 21.1 Å². The van der Waals surface area contributed by atoms with Crippen molar-refractivity contribution in [1.29, 1.82) is 0 Å². The summed E-state index contributed by atoms with van der Waals surface area (Å²) >= 11 is 0. The summed E-state index contributed by atoms with van der Waals surface area (Å²) in [5, 5.41) is 6.23. The van der Waals surface area contributed by atoms with E-state index in [2.05, 4.69) is 17.6 Å². The van der Waals surface area contributed by atoms with E-state index in [1.807, 2.05) is 48.5 Å². The number of hydrogen-bond donors (Lipinski definition) is 3. The molecule has 0 aliphatic carbocycles. The van der Waals surface area contributed by atoms with E-state index >= 15 is 0 Å². The molecular weight excluding hydrogens is 302 g/mol. The smallest absolute Gasteiger partial charge is 0.257 e. The highest BCUT2D eigenvalue weighted by Crippen LogP contribution is 2.19. The zero-order valence-corrected chi connectivity index (χ0v) is 14.0. The van der Waals surface area contributed by atoms with Gasteiger partial charge in [0.1, 0.15) is 12.4 Å². The maximum atomic E-state index is 12.5. The summed E-state index contributed by atoms with van der Waals surface area (Å²) < 4.78 is 5.43. The van der Waals surface area contributed by atoms with Crippen molar-refractivity contribution in [2.75, 3.05) is 30.3 Å². The van der Waals surface area contributed by atoms with Crippen molar-refractivity contribution in [2.24, 2.45) is 5.73 Å². The van der Waals surface area contributed by atoms with Gasteiger partial charge < -0.3 is 21.1 Å². The molecule has 0 saturated carbocycles. The summed E-state index contributed by atoms with van der Waals surface area (Å²) in [6.07, 6.45) is 2.18. The first-order chi connectivity index (χ1) is 11.7. The predicted octanol–water partition coefficient (Wildman–Crippen LogP) is 3.49. The number of nitrogens with two attached hydrogens (primary N) is 1. The Labute approximate surface area is 143 Å². The van der Waals surface area contributed by atoms with Crippen LogP contribution in [0.15, 0.2) is 48.5 Å². The minimum absolute atomic E-state index is 0.134. The second kappa shape index (κ2) is 9.57. The first kappa shape index (κ1) is 17.8. The van der Waals surface area contributed by atoms with E-state index in [4.69, 9.17) is 10.5 Å².